The Balaban J connectivity index is 2.10. The summed E-state index contributed by atoms with van der Waals surface area (Å²) in [5.41, 5.74) is -1.72. The van der Waals surface area contributed by atoms with E-state index in [4.69, 9.17) is 0 Å². The number of nitrogens with one attached hydrogen (secondary N) is 2. The predicted molar refractivity (Wildman–Crippen MR) is 143 cm³/mol. The van der Waals surface area contributed by atoms with Gasteiger partial charge in [-0.25, -0.2) is 8.42 Å². The highest BCUT2D eigenvalue weighted by Gasteiger charge is 2.39. The van der Waals surface area contributed by atoms with Crippen molar-refractivity contribution >= 4 is 27.6 Å². The van der Waals surface area contributed by atoms with E-state index >= 15 is 0 Å². The molecule has 1 aromatic rings. The van der Waals surface area contributed by atoms with E-state index in [1.807, 2.05) is 0 Å². The molecule has 8 heteroatoms. The van der Waals surface area contributed by atoms with Crippen LogP contribution in [-0.4, -0.2) is 38.1 Å². The van der Waals surface area contributed by atoms with Crippen LogP contribution in [0.15, 0.2) is 21.7 Å². The molecule has 0 saturated heterocycles. The van der Waals surface area contributed by atoms with E-state index < -0.39 is 21.8 Å². The van der Waals surface area contributed by atoms with E-state index in [0.717, 1.165) is 30.6 Å². The maximum atomic E-state index is 12.5. The van der Waals surface area contributed by atoms with E-state index in [0.29, 0.717) is 12.8 Å². The van der Waals surface area contributed by atoms with Gasteiger partial charge in [0, 0.05) is 0 Å². The average molecular weight is 517 g/mol. The molecular weight excluding hydrogens is 468 g/mol. The summed E-state index contributed by atoms with van der Waals surface area (Å²) in [6.07, 6.45) is 19.7. The van der Waals surface area contributed by atoms with Crippen LogP contribution < -0.4 is 10.0 Å². The summed E-state index contributed by atoms with van der Waals surface area (Å²) >= 11 is 1.07. The first-order valence-electron chi connectivity index (χ1n) is 13.3. The molecule has 0 saturated carbocycles. The Morgan fingerprint density at radius 1 is 0.912 bits per heavy atom. The maximum Gasteiger partial charge on any atom is 0.252 e. The summed E-state index contributed by atoms with van der Waals surface area (Å²) in [4.78, 5) is 11.8. The molecule has 198 valence electrons. The predicted octanol–water partition coefficient (Wildman–Crippen LogP) is 6.15. The van der Waals surface area contributed by atoms with Gasteiger partial charge in [-0.3, -0.25) is 10.1 Å². The molecule has 1 heterocycles. The summed E-state index contributed by atoms with van der Waals surface area (Å²) in [5, 5.41) is 14.7. The minimum absolute atomic E-state index is 0.114. The smallest absolute Gasteiger partial charge is 0.252 e. The third-order valence-electron chi connectivity index (χ3n) is 6.36. The third kappa shape index (κ3) is 12.8. The van der Waals surface area contributed by atoms with Gasteiger partial charge in [0.05, 0.1) is 6.10 Å². The Morgan fingerprint density at radius 2 is 1.38 bits per heavy atom. The SMILES string of the molecule is CCCCCCCCCCCCCCCCCCN[C@](C=O)(NS(=O)(=O)c1cccs1)[C@@H](C)O. The number of rotatable bonds is 23. The van der Waals surface area contributed by atoms with Crippen LogP contribution in [0.2, 0.25) is 0 Å². The number of aliphatic hydroxyl groups excluding tert-OH is 1. The van der Waals surface area contributed by atoms with E-state index in [1.54, 1.807) is 11.4 Å². The number of carbonyl (C=O) groups excluding carboxylic acids is 1. The number of aldehydes is 1. The van der Waals surface area contributed by atoms with Crippen LogP contribution in [0.3, 0.4) is 0 Å². The van der Waals surface area contributed by atoms with Crippen molar-refractivity contribution in [3.05, 3.63) is 17.5 Å². The van der Waals surface area contributed by atoms with Crippen LogP contribution in [0.4, 0.5) is 0 Å². The molecule has 0 aliphatic rings. The quantitative estimate of drug-likeness (QED) is 0.0920. The zero-order valence-electron chi connectivity index (χ0n) is 21.4. The normalized spacial score (nSPS) is 14.7. The topological polar surface area (TPSA) is 95.5 Å². The molecule has 0 unspecified atom stereocenters. The fourth-order valence-electron chi connectivity index (χ4n) is 4.09. The molecule has 0 radical (unpaired) electrons. The lowest BCUT2D eigenvalue weighted by molar-refractivity contribution is -0.118. The molecular formula is C26H48N2O4S2. The van der Waals surface area contributed by atoms with Gasteiger partial charge in [-0.2, -0.15) is 4.72 Å². The number of hydrogen-bond donors (Lipinski definition) is 3. The van der Waals surface area contributed by atoms with Gasteiger partial charge in [0.25, 0.3) is 10.0 Å². The van der Waals surface area contributed by atoms with Crippen molar-refractivity contribution in [2.45, 2.75) is 133 Å². The summed E-state index contributed by atoms with van der Waals surface area (Å²) in [6, 6.07) is 3.11. The Hall–Kier alpha value is -0.800. The van der Waals surface area contributed by atoms with Crippen molar-refractivity contribution in [2.75, 3.05) is 6.54 Å². The second-order valence-corrected chi connectivity index (χ2v) is 12.3. The number of unbranched alkanes of at least 4 members (excludes halogenated alkanes) is 15. The van der Waals surface area contributed by atoms with E-state index in [1.165, 1.54) is 96.5 Å². The summed E-state index contributed by atoms with van der Waals surface area (Å²) in [6.45, 7) is 4.12. The minimum atomic E-state index is -3.89. The molecule has 2 atom stereocenters. The first-order valence-corrected chi connectivity index (χ1v) is 15.7. The molecule has 0 fully saturated rings. The average Bonchev–Trinajstić information content (AvgIpc) is 3.36. The van der Waals surface area contributed by atoms with Crippen LogP contribution in [0, 0.1) is 0 Å². The molecule has 0 aromatic carbocycles. The van der Waals surface area contributed by atoms with Crippen molar-refractivity contribution in [3.63, 3.8) is 0 Å². The van der Waals surface area contributed by atoms with E-state index in [2.05, 4.69) is 17.0 Å². The lowest BCUT2D eigenvalue weighted by Gasteiger charge is -2.32. The number of hydrogen-bond acceptors (Lipinski definition) is 6. The Bertz CT molecular complexity index is 723. The highest BCUT2D eigenvalue weighted by molar-refractivity contribution is 7.91. The van der Waals surface area contributed by atoms with Crippen LogP contribution in [0.1, 0.15) is 117 Å². The number of thiophene rings is 1. The highest BCUT2D eigenvalue weighted by atomic mass is 32.2. The number of aliphatic hydroxyl groups is 1. The molecule has 0 spiro atoms. The van der Waals surface area contributed by atoms with Gasteiger partial charge in [0.2, 0.25) is 0 Å². The van der Waals surface area contributed by atoms with E-state index in [-0.39, 0.29) is 4.21 Å². The lowest BCUT2D eigenvalue weighted by Crippen LogP contribution is -2.66. The second kappa shape index (κ2) is 18.5. The monoisotopic (exact) mass is 516 g/mol. The number of sulfonamides is 1. The fraction of sp³-hybridized carbons (Fsp3) is 0.808. The summed E-state index contributed by atoms with van der Waals surface area (Å²) in [5.74, 6) is 0. The molecule has 0 aliphatic carbocycles. The molecule has 6 nitrogen and oxygen atoms in total. The fourth-order valence-corrected chi connectivity index (χ4v) is 6.43. The molecule has 0 amide bonds. The van der Waals surface area contributed by atoms with Gasteiger partial charge in [0.15, 0.2) is 11.9 Å². The van der Waals surface area contributed by atoms with Crippen molar-refractivity contribution in [3.8, 4) is 0 Å². The first-order chi connectivity index (χ1) is 16.4. The second-order valence-electron chi connectivity index (χ2n) is 9.43. The van der Waals surface area contributed by atoms with Gasteiger partial charge in [-0.15, -0.1) is 11.3 Å². The van der Waals surface area contributed by atoms with Gasteiger partial charge in [-0.05, 0) is 31.3 Å². The van der Waals surface area contributed by atoms with Gasteiger partial charge < -0.3 is 5.11 Å². The minimum Gasteiger partial charge on any atom is -0.390 e. The molecule has 1 aromatic heterocycles. The molecule has 1 rings (SSSR count). The summed E-state index contributed by atoms with van der Waals surface area (Å²) < 4.78 is 27.6. The van der Waals surface area contributed by atoms with E-state index in [9.17, 15) is 18.3 Å². The molecule has 0 aliphatic heterocycles. The number of carbonyl (C=O) groups is 1. The van der Waals surface area contributed by atoms with Crippen molar-refractivity contribution in [1.29, 1.82) is 0 Å². The van der Waals surface area contributed by atoms with Gasteiger partial charge >= 0.3 is 0 Å². The third-order valence-corrected chi connectivity index (χ3v) is 9.24. The highest BCUT2D eigenvalue weighted by Crippen LogP contribution is 2.19. The first kappa shape index (κ1) is 31.2. The Labute approximate surface area is 212 Å². The van der Waals surface area contributed by atoms with Crippen molar-refractivity contribution in [1.82, 2.24) is 10.0 Å². The summed E-state index contributed by atoms with van der Waals surface area (Å²) in [7, 11) is -3.89. The Morgan fingerprint density at radius 3 is 1.76 bits per heavy atom. The lowest BCUT2D eigenvalue weighted by atomic mass is 10.0. The Kier molecular flexibility index (Phi) is 17.0. The van der Waals surface area contributed by atoms with Crippen LogP contribution >= 0.6 is 11.3 Å². The standard InChI is InChI=1S/C26H48N2O4S2/c1-3-4-5-6-7-8-9-10-11-12-13-14-15-16-17-18-21-27-26(23-29,24(2)30)28-34(31,32)25-20-19-22-33-25/h19-20,22-24,27-28,30H,3-18,21H2,1-2H3/t24-,26-/m1/s1. The van der Waals surface area contributed by atoms with Crippen LogP contribution in [0.5, 0.6) is 0 Å². The maximum absolute atomic E-state index is 12.5. The largest absolute Gasteiger partial charge is 0.390 e. The molecule has 3 N–H and O–H groups in total. The van der Waals surface area contributed by atoms with Gasteiger partial charge in [0.1, 0.15) is 4.21 Å². The van der Waals surface area contributed by atoms with Crippen molar-refractivity contribution < 1.29 is 18.3 Å². The van der Waals surface area contributed by atoms with Crippen molar-refractivity contribution in [2.24, 2.45) is 0 Å². The zero-order chi connectivity index (χ0) is 25.1. The zero-order valence-corrected chi connectivity index (χ0v) is 23.0. The van der Waals surface area contributed by atoms with Gasteiger partial charge in [-0.1, -0.05) is 109 Å². The molecule has 34 heavy (non-hydrogen) atoms. The van der Waals surface area contributed by atoms with Crippen LogP contribution in [-0.2, 0) is 14.8 Å². The molecule has 0 bridgehead atoms. The van der Waals surface area contributed by atoms with Crippen LogP contribution in [0.25, 0.3) is 0 Å².